The zero-order valence-electron chi connectivity index (χ0n) is 7.43. The van der Waals surface area contributed by atoms with Crippen LogP contribution in [-0.4, -0.2) is 10.8 Å². The first-order valence-electron chi connectivity index (χ1n) is 3.90. The molecule has 0 bridgehead atoms. The second-order valence-electron chi connectivity index (χ2n) is 1.95. The molecular formula is C7H17FO2S. The predicted molar refractivity (Wildman–Crippen MR) is 46.1 cm³/mol. The van der Waals surface area contributed by atoms with Gasteiger partial charge >= 0.3 is 11.5 Å². The Hall–Kier alpha value is 0.0400. The van der Waals surface area contributed by atoms with Crippen molar-refractivity contribution in [2.24, 2.45) is 0 Å². The van der Waals surface area contributed by atoms with Crippen molar-refractivity contribution in [1.82, 2.24) is 0 Å². The molecule has 0 saturated carbocycles. The minimum absolute atomic E-state index is 0.156. The molecule has 0 aromatic heterocycles. The molecule has 11 heavy (non-hydrogen) atoms. The number of halogens is 1. The Morgan fingerprint density at radius 2 is 1.73 bits per heavy atom. The normalized spacial score (nSPS) is 11.6. The van der Waals surface area contributed by atoms with Crippen molar-refractivity contribution in [3.05, 3.63) is 0 Å². The van der Waals surface area contributed by atoms with Crippen LogP contribution in [0.3, 0.4) is 0 Å². The van der Waals surface area contributed by atoms with Gasteiger partial charge in [0.05, 0.1) is 6.61 Å². The largest absolute Gasteiger partial charge is 0.344 e. The summed E-state index contributed by atoms with van der Waals surface area (Å²) in [6.07, 6.45) is 4.08. The van der Waals surface area contributed by atoms with Crippen molar-refractivity contribution in [3.8, 4) is 0 Å². The van der Waals surface area contributed by atoms with Crippen LogP contribution in [0.15, 0.2) is 0 Å². The summed E-state index contributed by atoms with van der Waals surface area (Å²) in [5.74, 6) is 0. The van der Waals surface area contributed by atoms with Gasteiger partial charge in [-0.05, 0) is 6.92 Å². The third kappa shape index (κ3) is 25.5. The molecule has 0 N–H and O–H groups in total. The number of hydrogen-bond acceptors (Lipinski definition) is 2. The summed E-state index contributed by atoms with van der Waals surface area (Å²) in [6, 6.07) is 0. The summed E-state index contributed by atoms with van der Waals surface area (Å²) in [4.78, 5) is 0. The van der Waals surface area contributed by atoms with Crippen LogP contribution in [0.4, 0.5) is 3.89 Å². The van der Waals surface area contributed by atoms with Gasteiger partial charge in [0.25, 0.3) is 0 Å². The van der Waals surface area contributed by atoms with Crippen molar-refractivity contribution >= 4 is 11.5 Å². The maximum Gasteiger partial charge on any atom is 0.344 e. The van der Waals surface area contributed by atoms with Crippen molar-refractivity contribution in [2.75, 3.05) is 6.61 Å². The van der Waals surface area contributed by atoms with E-state index in [1.165, 1.54) is 19.3 Å². The molecule has 0 aliphatic heterocycles. The molecule has 0 heterocycles. The average molecular weight is 184 g/mol. The summed E-state index contributed by atoms with van der Waals surface area (Å²) >= 11 is -2.57. The van der Waals surface area contributed by atoms with Gasteiger partial charge in [-0.25, -0.2) is 0 Å². The van der Waals surface area contributed by atoms with Crippen LogP contribution in [0.1, 0.15) is 40.0 Å². The van der Waals surface area contributed by atoms with E-state index in [1.807, 2.05) is 0 Å². The highest BCUT2D eigenvalue weighted by Gasteiger charge is 1.86. The van der Waals surface area contributed by atoms with Gasteiger partial charge in [0.1, 0.15) is 0 Å². The molecule has 70 valence electrons. The Morgan fingerprint density at radius 3 is 1.73 bits per heavy atom. The molecule has 0 aliphatic carbocycles. The van der Waals surface area contributed by atoms with Gasteiger partial charge < -0.3 is 0 Å². The van der Waals surface area contributed by atoms with Gasteiger partial charge in [0, 0.05) is 0 Å². The summed E-state index contributed by atoms with van der Waals surface area (Å²) < 4.78 is 24.1. The van der Waals surface area contributed by atoms with Crippen LogP contribution < -0.4 is 0 Å². The molecule has 0 fully saturated rings. The predicted octanol–water partition coefficient (Wildman–Crippen LogP) is 2.77. The molecule has 0 aromatic carbocycles. The zero-order chi connectivity index (χ0) is 9.11. The smallest absolute Gasteiger partial charge is 0.265 e. The first-order chi connectivity index (χ1) is 5.18. The minimum atomic E-state index is -2.57. The molecule has 0 aliphatic rings. The maximum absolute atomic E-state index is 11.0. The highest BCUT2D eigenvalue weighted by Crippen LogP contribution is 1.88. The quantitative estimate of drug-likeness (QED) is 0.628. The zero-order valence-corrected chi connectivity index (χ0v) is 8.25. The van der Waals surface area contributed by atoms with Crippen molar-refractivity contribution in [2.45, 2.75) is 40.0 Å². The fourth-order valence-corrected chi connectivity index (χ4v) is 0.632. The second kappa shape index (κ2) is 12.7. The van der Waals surface area contributed by atoms with E-state index in [-0.39, 0.29) is 6.61 Å². The van der Waals surface area contributed by atoms with Gasteiger partial charge in [-0.3, -0.25) is 4.18 Å². The van der Waals surface area contributed by atoms with Crippen LogP contribution >= 0.6 is 0 Å². The monoisotopic (exact) mass is 184 g/mol. The third-order valence-electron chi connectivity index (χ3n) is 0.918. The summed E-state index contributed by atoms with van der Waals surface area (Å²) in [5.41, 5.74) is 0. The second-order valence-corrected chi connectivity index (χ2v) is 2.58. The summed E-state index contributed by atoms with van der Waals surface area (Å²) in [7, 11) is 0. The van der Waals surface area contributed by atoms with Gasteiger partial charge in [0.2, 0.25) is 0 Å². The molecule has 2 nitrogen and oxygen atoms in total. The lowest BCUT2D eigenvalue weighted by molar-refractivity contribution is 0.350. The lowest BCUT2D eigenvalue weighted by atomic mass is 10.3. The Balaban J connectivity index is 0. The lowest BCUT2D eigenvalue weighted by Crippen LogP contribution is -1.86. The molecule has 1 unspecified atom stereocenters. The fourth-order valence-electron chi connectivity index (χ4n) is 0.446. The van der Waals surface area contributed by atoms with E-state index in [0.717, 1.165) is 0 Å². The molecular weight excluding hydrogens is 167 g/mol. The Labute approximate surface area is 71.1 Å². The molecule has 0 rings (SSSR count). The lowest BCUT2D eigenvalue weighted by Gasteiger charge is -1.81. The highest BCUT2D eigenvalue weighted by atomic mass is 32.2. The van der Waals surface area contributed by atoms with Crippen molar-refractivity contribution in [3.63, 3.8) is 0 Å². The van der Waals surface area contributed by atoms with E-state index in [0.29, 0.717) is 0 Å². The average Bonchev–Trinajstić information content (AvgIpc) is 1.90. The van der Waals surface area contributed by atoms with Gasteiger partial charge in [0.15, 0.2) is 0 Å². The minimum Gasteiger partial charge on any atom is -0.265 e. The molecule has 0 spiro atoms. The first-order valence-corrected chi connectivity index (χ1v) is 4.87. The SMILES string of the molecule is CCCCC.CCOS(=O)F. The summed E-state index contributed by atoms with van der Waals surface area (Å²) in [5, 5.41) is 0. The number of hydrogen-bond donors (Lipinski definition) is 0. The Bertz CT molecular complexity index is 86.5. The van der Waals surface area contributed by atoms with Gasteiger partial charge in [-0.1, -0.05) is 33.1 Å². The topological polar surface area (TPSA) is 26.3 Å². The number of rotatable bonds is 4. The maximum atomic E-state index is 11.0. The third-order valence-corrected chi connectivity index (χ3v) is 1.34. The van der Waals surface area contributed by atoms with Crippen LogP contribution in [0.25, 0.3) is 0 Å². The van der Waals surface area contributed by atoms with Gasteiger partial charge in [-0.2, -0.15) is 4.21 Å². The van der Waals surface area contributed by atoms with Crippen LogP contribution in [0.2, 0.25) is 0 Å². The Kier molecular flexibility index (Phi) is 15.7. The van der Waals surface area contributed by atoms with Crippen LogP contribution in [0.5, 0.6) is 0 Å². The van der Waals surface area contributed by atoms with E-state index < -0.39 is 11.5 Å². The van der Waals surface area contributed by atoms with E-state index in [1.54, 1.807) is 6.92 Å². The van der Waals surface area contributed by atoms with E-state index in [9.17, 15) is 8.09 Å². The van der Waals surface area contributed by atoms with E-state index in [4.69, 9.17) is 0 Å². The standard InChI is InChI=1S/C5H12.C2H5FO2S/c1-3-5-4-2;1-2-5-6(3)4/h3-5H2,1-2H3;2H2,1H3. The fraction of sp³-hybridized carbons (Fsp3) is 1.00. The molecule has 0 radical (unpaired) electrons. The molecule has 0 saturated heterocycles. The Morgan fingerprint density at radius 1 is 1.27 bits per heavy atom. The molecule has 0 amide bonds. The summed E-state index contributed by atoms with van der Waals surface area (Å²) in [6.45, 7) is 6.15. The molecule has 4 heteroatoms. The first kappa shape index (κ1) is 13.6. The van der Waals surface area contributed by atoms with E-state index >= 15 is 0 Å². The van der Waals surface area contributed by atoms with E-state index in [2.05, 4.69) is 18.0 Å². The van der Waals surface area contributed by atoms with Crippen LogP contribution in [0, 0.1) is 0 Å². The molecule has 1 atom stereocenters. The van der Waals surface area contributed by atoms with Gasteiger partial charge in [-0.15, -0.1) is 3.89 Å². The number of unbranched alkanes of at least 4 members (excludes halogenated alkanes) is 2. The van der Waals surface area contributed by atoms with Crippen LogP contribution in [-0.2, 0) is 15.6 Å². The van der Waals surface area contributed by atoms with Crippen molar-refractivity contribution in [1.29, 1.82) is 0 Å². The van der Waals surface area contributed by atoms with Crippen molar-refractivity contribution < 1.29 is 12.3 Å². The molecule has 0 aromatic rings. The highest BCUT2D eigenvalue weighted by molar-refractivity contribution is 7.74.